The molecule has 6 heteroatoms. The van der Waals surface area contributed by atoms with Gasteiger partial charge in [-0.15, -0.1) is 0 Å². The van der Waals surface area contributed by atoms with Crippen molar-refractivity contribution in [2.24, 2.45) is 0 Å². The first-order chi connectivity index (χ1) is 9.90. The van der Waals surface area contributed by atoms with E-state index in [0.29, 0.717) is 12.1 Å². The van der Waals surface area contributed by atoms with Crippen LogP contribution in [0, 0.1) is 0 Å². The highest BCUT2D eigenvalue weighted by molar-refractivity contribution is 5.38. The van der Waals surface area contributed by atoms with Crippen LogP contribution in [0.4, 0.5) is 13.2 Å². The largest absolute Gasteiger partial charge is 0.507 e. The van der Waals surface area contributed by atoms with Crippen LogP contribution in [-0.4, -0.2) is 35.8 Å². The van der Waals surface area contributed by atoms with Crippen LogP contribution < -0.4 is 0 Å². The number of phenolic OH excluding ortho intramolecular Hbond substituents is 1. The maximum Gasteiger partial charge on any atom is 0.419 e. The fourth-order valence-electron chi connectivity index (χ4n) is 2.55. The van der Waals surface area contributed by atoms with E-state index in [1.165, 1.54) is 6.07 Å². The Hall–Kier alpha value is -1.27. The predicted molar refractivity (Wildman–Crippen MR) is 73.0 cm³/mol. The maximum absolute atomic E-state index is 12.8. The first-order valence-electron chi connectivity index (χ1n) is 7.13. The molecule has 1 N–H and O–H groups in total. The number of alkyl halides is 3. The fraction of sp³-hybridized carbons (Fsp3) is 0.600. The average Bonchev–Trinajstić information content (AvgIpc) is 2.91. The van der Waals surface area contributed by atoms with Crippen molar-refractivity contribution in [3.05, 3.63) is 29.3 Å². The molecule has 0 bridgehead atoms. The lowest BCUT2D eigenvalue weighted by atomic mass is 10.1. The molecule has 2 rings (SSSR count). The molecule has 0 saturated carbocycles. The van der Waals surface area contributed by atoms with Gasteiger partial charge in [0, 0.05) is 19.7 Å². The van der Waals surface area contributed by atoms with Gasteiger partial charge in [-0.2, -0.15) is 13.2 Å². The highest BCUT2D eigenvalue weighted by Gasteiger charge is 2.34. The summed E-state index contributed by atoms with van der Waals surface area (Å²) in [6.07, 6.45) is -2.32. The molecule has 1 aliphatic heterocycles. The van der Waals surface area contributed by atoms with Crippen molar-refractivity contribution < 1.29 is 23.0 Å². The number of phenols is 1. The summed E-state index contributed by atoms with van der Waals surface area (Å²) in [6.45, 7) is 4.61. The first-order valence-corrected chi connectivity index (χ1v) is 7.13. The molecular formula is C15H20F3NO2. The number of halogens is 3. The lowest BCUT2D eigenvalue weighted by molar-refractivity contribution is -0.138. The molecule has 1 aromatic rings. The highest BCUT2D eigenvalue weighted by Crippen LogP contribution is 2.36. The first kappa shape index (κ1) is 16.1. The molecule has 1 heterocycles. The number of hydrogen-bond donors (Lipinski definition) is 1. The van der Waals surface area contributed by atoms with E-state index < -0.39 is 17.5 Å². The van der Waals surface area contributed by atoms with Crippen LogP contribution in [-0.2, 0) is 17.5 Å². The van der Waals surface area contributed by atoms with Gasteiger partial charge in [-0.3, -0.25) is 4.90 Å². The molecule has 0 amide bonds. The number of hydrogen-bond acceptors (Lipinski definition) is 3. The van der Waals surface area contributed by atoms with Crippen LogP contribution in [0.15, 0.2) is 18.2 Å². The van der Waals surface area contributed by atoms with Gasteiger partial charge >= 0.3 is 6.18 Å². The molecule has 1 aliphatic rings. The zero-order valence-electron chi connectivity index (χ0n) is 12.0. The van der Waals surface area contributed by atoms with E-state index in [9.17, 15) is 18.3 Å². The van der Waals surface area contributed by atoms with Crippen LogP contribution in [0.2, 0.25) is 0 Å². The fourth-order valence-corrected chi connectivity index (χ4v) is 2.55. The Morgan fingerprint density at radius 2 is 2.14 bits per heavy atom. The number of aromatic hydroxyl groups is 1. The molecule has 1 unspecified atom stereocenters. The van der Waals surface area contributed by atoms with Crippen molar-refractivity contribution in [3.63, 3.8) is 0 Å². The second-order valence-electron chi connectivity index (χ2n) is 5.31. The van der Waals surface area contributed by atoms with Gasteiger partial charge in [-0.05, 0) is 37.1 Å². The van der Waals surface area contributed by atoms with E-state index in [0.717, 1.165) is 44.7 Å². The predicted octanol–water partition coefficient (Wildman–Crippen LogP) is 3.41. The summed E-state index contributed by atoms with van der Waals surface area (Å²) in [5.41, 5.74) is -0.437. The molecule has 1 atom stereocenters. The van der Waals surface area contributed by atoms with E-state index in [1.54, 1.807) is 0 Å². The molecular weight excluding hydrogens is 283 g/mol. The van der Waals surface area contributed by atoms with Crippen molar-refractivity contribution in [2.75, 3.05) is 19.7 Å². The standard InChI is InChI=1S/C15H20F3NO2/c1-2-19(10-12-4-3-7-21-12)9-11-5-6-14(20)13(8-11)15(16,17)18/h5-6,8,12,20H,2-4,7,9-10H2,1H3. The monoisotopic (exact) mass is 303 g/mol. The topological polar surface area (TPSA) is 32.7 Å². The van der Waals surface area contributed by atoms with Gasteiger partial charge < -0.3 is 9.84 Å². The summed E-state index contributed by atoms with van der Waals surface area (Å²) in [5, 5.41) is 9.34. The molecule has 0 aromatic heterocycles. The van der Waals surface area contributed by atoms with Gasteiger partial charge in [0.1, 0.15) is 5.75 Å². The van der Waals surface area contributed by atoms with E-state index in [1.807, 2.05) is 6.92 Å². The number of benzene rings is 1. The smallest absolute Gasteiger partial charge is 0.419 e. The van der Waals surface area contributed by atoms with E-state index in [4.69, 9.17) is 4.74 Å². The van der Waals surface area contributed by atoms with Crippen LogP contribution in [0.3, 0.4) is 0 Å². The van der Waals surface area contributed by atoms with Crippen LogP contribution >= 0.6 is 0 Å². The molecule has 1 saturated heterocycles. The van der Waals surface area contributed by atoms with Crippen LogP contribution in [0.25, 0.3) is 0 Å². The Labute approximate surface area is 122 Å². The molecule has 21 heavy (non-hydrogen) atoms. The molecule has 118 valence electrons. The van der Waals surface area contributed by atoms with Crippen molar-refractivity contribution >= 4 is 0 Å². The summed E-state index contributed by atoms with van der Waals surface area (Å²) < 4.78 is 43.9. The molecule has 3 nitrogen and oxygen atoms in total. The van der Waals surface area contributed by atoms with Gasteiger partial charge in [0.15, 0.2) is 0 Å². The lowest BCUT2D eigenvalue weighted by Crippen LogP contribution is -2.31. The highest BCUT2D eigenvalue weighted by atomic mass is 19.4. The molecule has 1 fully saturated rings. The summed E-state index contributed by atoms with van der Waals surface area (Å²) in [7, 11) is 0. The number of nitrogens with zero attached hydrogens (tertiary/aromatic N) is 1. The quantitative estimate of drug-likeness (QED) is 0.905. The minimum absolute atomic E-state index is 0.171. The zero-order valence-corrected chi connectivity index (χ0v) is 12.0. The van der Waals surface area contributed by atoms with E-state index >= 15 is 0 Å². The normalized spacial score (nSPS) is 19.4. The molecule has 0 radical (unpaired) electrons. The summed E-state index contributed by atoms with van der Waals surface area (Å²) in [5.74, 6) is -0.728. The van der Waals surface area contributed by atoms with E-state index in [2.05, 4.69) is 4.90 Å². The van der Waals surface area contributed by atoms with Crippen molar-refractivity contribution in [1.29, 1.82) is 0 Å². The SMILES string of the molecule is CCN(Cc1ccc(O)c(C(F)(F)F)c1)CC1CCCO1. The third-order valence-electron chi connectivity index (χ3n) is 3.71. The second kappa shape index (κ2) is 6.66. The number of rotatable bonds is 5. The van der Waals surface area contributed by atoms with Gasteiger partial charge in [0.05, 0.1) is 11.7 Å². The van der Waals surface area contributed by atoms with Crippen LogP contribution in [0.5, 0.6) is 5.75 Å². The van der Waals surface area contributed by atoms with Gasteiger partial charge in [-0.1, -0.05) is 13.0 Å². The minimum Gasteiger partial charge on any atom is -0.507 e. The van der Waals surface area contributed by atoms with Crippen molar-refractivity contribution in [1.82, 2.24) is 4.90 Å². The molecule has 1 aromatic carbocycles. The third kappa shape index (κ3) is 4.35. The Morgan fingerprint density at radius 3 is 2.71 bits per heavy atom. The summed E-state index contributed by atoms with van der Waals surface area (Å²) in [4.78, 5) is 2.06. The third-order valence-corrected chi connectivity index (χ3v) is 3.71. The Kier molecular flexibility index (Phi) is 5.11. The summed E-state index contributed by atoms with van der Waals surface area (Å²) in [6, 6.07) is 3.66. The Balaban J connectivity index is 2.06. The Morgan fingerprint density at radius 1 is 1.38 bits per heavy atom. The van der Waals surface area contributed by atoms with Gasteiger partial charge in [-0.25, -0.2) is 0 Å². The Bertz CT molecular complexity index is 470. The summed E-state index contributed by atoms with van der Waals surface area (Å²) >= 11 is 0. The van der Waals surface area contributed by atoms with Gasteiger partial charge in [0.2, 0.25) is 0 Å². The zero-order chi connectivity index (χ0) is 15.5. The number of ether oxygens (including phenoxy) is 1. The number of likely N-dealkylation sites (N-methyl/N-ethyl adjacent to an activating group) is 1. The average molecular weight is 303 g/mol. The van der Waals surface area contributed by atoms with E-state index in [-0.39, 0.29) is 6.10 Å². The molecule has 0 spiro atoms. The van der Waals surface area contributed by atoms with Crippen molar-refractivity contribution in [3.8, 4) is 5.75 Å². The maximum atomic E-state index is 12.8. The second-order valence-corrected chi connectivity index (χ2v) is 5.31. The minimum atomic E-state index is -4.54. The van der Waals surface area contributed by atoms with Crippen LogP contribution in [0.1, 0.15) is 30.9 Å². The van der Waals surface area contributed by atoms with Crippen molar-refractivity contribution in [2.45, 2.75) is 38.6 Å². The van der Waals surface area contributed by atoms with Gasteiger partial charge in [0.25, 0.3) is 0 Å². The lowest BCUT2D eigenvalue weighted by Gasteiger charge is -2.24. The molecule has 0 aliphatic carbocycles.